The van der Waals surface area contributed by atoms with Crippen molar-refractivity contribution in [3.05, 3.63) is 83.5 Å². The summed E-state index contributed by atoms with van der Waals surface area (Å²) in [5.74, 6) is -0.500. The Morgan fingerprint density at radius 3 is 1.77 bits per heavy atom. The van der Waals surface area contributed by atoms with Gasteiger partial charge < -0.3 is 47.1 Å². The van der Waals surface area contributed by atoms with Gasteiger partial charge in [0.25, 0.3) is 0 Å². The molecule has 2 aliphatic rings. The zero-order valence-electron chi connectivity index (χ0n) is 36.9. The molecular formula is C43H78N6O7. The van der Waals surface area contributed by atoms with Crippen LogP contribution in [0.3, 0.4) is 0 Å². The molecule has 1 aliphatic carbocycles. The van der Waals surface area contributed by atoms with E-state index in [-0.39, 0.29) is 36.8 Å². The number of alkyl carbamates (subject to hydrolysis) is 1. The third-order valence-corrected chi connectivity index (χ3v) is 5.87. The minimum atomic E-state index is -0.585. The molecule has 2 atom stereocenters. The average Bonchev–Trinajstić information content (AvgIpc) is 3.50. The van der Waals surface area contributed by atoms with Crippen molar-refractivity contribution in [2.45, 2.75) is 127 Å². The molecule has 8 N–H and O–H groups in total. The van der Waals surface area contributed by atoms with Crippen molar-refractivity contribution >= 4 is 36.4 Å². The highest BCUT2D eigenvalue weighted by Crippen LogP contribution is 2.23. The third-order valence-electron chi connectivity index (χ3n) is 5.87. The van der Waals surface area contributed by atoms with Gasteiger partial charge in [-0.1, -0.05) is 122 Å². The molecule has 1 aliphatic heterocycles. The van der Waals surface area contributed by atoms with E-state index in [0.717, 1.165) is 44.3 Å². The van der Waals surface area contributed by atoms with Crippen LogP contribution in [-0.4, -0.2) is 80.1 Å². The Morgan fingerprint density at radius 2 is 1.41 bits per heavy atom. The lowest BCUT2D eigenvalue weighted by Crippen LogP contribution is -2.33. The molecular weight excluding hydrogens is 713 g/mol. The average molecular weight is 791 g/mol. The summed E-state index contributed by atoms with van der Waals surface area (Å²) in [5, 5.41) is 5.30. The quantitative estimate of drug-likeness (QED) is 0.168. The third kappa shape index (κ3) is 51.2. The molecule has 4 amide bonds. The molecule has 0 aromatic heterocycles. The van der Waals surface area contributed by atoms with E-state index < -0.39 is 12.1 Å². The number of amides is 4. The second kappa shape index (κ2) is 50.1. The summed E-state index contributed by atoms with van der Waals surface area (Å²) in [6.45, 7) is 25.0. The van der Waals surface area contributed by atoms with E-state index in [9.17, 15) is 28.8 Å². The second-order valence-corrected chi connectivity index (χ2v) is 10.8. The molecule has 1 aromatic rings. The molecule has 0 saturated heterocycles. The van der Waals surface area contributed by atoms with Crippen LogP contribution in [0.15, 0.2) is 77.9 Å². The van der Waals surface area contributed by atoms with Gasteiger partial charge in [0.2, 0.25) is 17.7 Å². The van der Waals surface area contributed by atoms with Crippen LogP contribution in [0, 0.1) is 0 Å². The van der Waals surface area contributed by atoms with Gasteiger partial charge in [0.15, 0.2) is 0 Å². The van der Waals surface area contributed by atoms with Crippen LogP contribution in [0.25, 0.3) is 0 Å². The summed E-state index contributed by atoms with van der Waals surface area (Å²) in [4.78, 5) is 62.8. The number of allylic oxidation sites excluding steroid dienone is 6. The molecule has 1 aromatic carbocycles. The number of carbonyl (C=O) groups is 6. The summed E-state index contributed by atoms with van der Waals surface area (Å²) >= 11 is 0. The van der Waals surface area contributed by atoms with Crippen LogP contribution < -0.4 is 27.8 Å². The number of carbonyl (C=O) groups excluding carboxylic acids is 6. The fraction of sp³-hybridized carbons (Fsp3) is 0.535. The Labute approximate surface area is 339 Å². The maximum Gasteiger partial charge on any atom is 0.408 e. The molecule has 0 saturated carbocycles. The van der Waals surface area contributed by atoms with E-state index in [1.807, 2.05) is 90.7 Å². The number of ether oxygens (including phenoxy) is 1. The second-order valence-electron chi connectivity index (χ2n) is 10.8. The van der Waals surface area contributed by atoms with Gasteiger partial charge in [0.05, 0.1) is 6.04 Å². The van der Waals surface area contributed by atoms with Crippen molar-refractivity contribution in [1.29, 1.82) is 0 Å². The van der Waals surface area contributed by atoms with Crippen molar-refractivity contribution < 1.29 is 33.5 Å². The highest BCUT2D eigenvalue weighted by molar-refractivity contribution is 5.74. The predicted octanol–water partition coefficient (Wildman–Crippen LogP) is 6.71. The number of nitrogens with zero attached hydrogens (tertiary/aromatic N) is 1. The Hall–Kier alpha value is -4.88. The number of hydrogen-bond acceptors (Lipinski definition) is 9. The zero-order valence-corrected chi connectivity index (χ0v) is 36.9. The minimum Gasteiger partial charge on any atom is -0.445 e. The largest absolute Gasteiger partial charge is 0.445 e. The van der Waals surface area contributed by atoms with E-state index in [4.69, 9.17) is 16.2 Å². The Balaban J connectivity index is -0.000000143. The molecule has 322 valence electrons. The topological polar surface area (TPSA) is 217 Å². The lowest BCUT2D eigenvalue weighted by Gasteiger charge is -2.26. The van der Waals surface area contributed by atoms with E-state index in [0.29, 0.717) is 12.7 Å². The number of rotatable bonds is 9. The normalized spacial score (nSPS) is 12.3. The van der Waals surface area contributed by atoms with Crippen molar-refractivity contribution in [3.8, 4) is 0 Å². The fourth-order valence-corrected chi connectivity index (χ4v) is 3.36. The van der Waals surface area contributed by atoms with E-state index in [1.54, 1.807) is 20.8 Å². The van der Waals surface area contributed by atoms with Crippen LogP contribution >= 0.6 is 0 Å². The maximum absolute atomic E-state index is 11.2. The molecule has 13 nitrogen and oxygen atoms in total. The summed E-state index contributed by atoms with van der Waals surface area (Å²) in [5.41, 5.74) is 18.1. The Morgan fingerprint density at radius 1 is 0.893 bits per heavy atom. The van der Waals surface area contributed by atoms with Gasteiger partial charge in [0, 0.05) is 45.8 Å². The first kappa shape index (κ1) is 63.1. The summed E-state index contributed by atoms with van der Waals surface area (Å²) in [6, 6.07) is 8.71. The molecule has 56 heavy (non-hydrogen) atoms. The monoisotopic (exact) mass is 791 g/mol. The number of primary amides is 2. The van der Waals surface area contributed by atoms with Gasteiger partial charge in [-0.05, 0) is 57.0 Å². The summed E-state index contributed by atoms with van der Waals surface area (Å²) in [7, 11) is 1.93. The Kier molecular flexibility index (Phi) is 56.5. The number of benzene rings is 1. The molecule has 3 rings (SSSR count). The van der Waals surface area contributed by atoms with Crippen molar-refractivity contribution in [3.63, 3.8) is 0 Å². The van der Waals surface area contributed by atoms with E-state index in [1.165, 1.54) is 18.1 Å². The number of aldehydes is 2. The summed E-state index contributed by atoms with van der Waals surface area (Å²) < 4.78 is 4.89. The SMILES string of the molecule is CC.CC.CC.CC(=O)N1CC=C(C2=CC=CC=CC2)CC1.CC(C=O)NC(=O)OCc1ccccc1.CC(N)=O.CC(N)CC(N)=O.CCC=O.CCNC. The predicted molar refractivity (Wildman–Crippen MR) is 234 cm³/mol. The molecule has 0 bridgehead atoms. The lowest BCUT2D eigenvalue weighted by molar-refractivity contribution is -0.128. The van der Waals surface area contributed by atoms with Crippen LogP contribution in [0.1, 0.15) is 114 Å². The smallest absolute Gasteiger partial charge is 0.408 e. The van der Waals surface area contributed by atoms with Gasteiger partial charge in [-0.3, -0.25) is 14.4 Å². The number of hydrogen-bond donors (Lipinski definition) is 5. The maximum atomic E-state index is 11.2. The van der Waals surface area contributed by atoms with Gasteiger partial charge in [-0.15, -0.1) is 0 Å². The fourth-order valence-electron chi connectivity index (χ4n) is 3.36. The molecule has 2 unspecified atom stereocenters. The van der Waals surface area contributed by atoms with E-state index in [2.05, 4.69) is 59.7 Å². The lowest BCUT2D eigenvalue weighted by atomic mass is 9.97. The van der Waals surface area contributed by atoms with Gasteiger partial charge in [0.1, 0.15) is 19.2 Å². The van der Waals surface area contributed by atoms with Crippen molar-refractivity contribution in [1.82, 2.24) is 15.5 Å². The molecule has 0 radical (unpaired) electrons. The van der Waals surface area contributed by atoms with Crippen molar-refractivity contribution in [2.24, 2.45) is 17.2 Å². The first-order valence-corrected chi connectivity index (χ1v) is 19.5. The first-order chi connectivity index (χ1) is 26.7. The van der Waals surface area contributed by atoms with Gasteiger partial charge in [-0.2, -0.15) is 0 Å². The van der Waals surface area contributed by atoms with Crippen LogP contribution in [-0.2, 0) is 35.3 Å². The minimum absolute atomic E-state index is 0.0995. The van der Waals surface area contributed by atoms with Crippen LogP contribution in [0.5, 0.6) is 0 Å². The van der Waals surface area contributed by atoms with Gasteiger partial charge in [-0.25, -0.2) is 4.79 Å². The van der Waals surface area contributed by atoms with Crippen LogP contribution in [0.2, 0.25) is 0 Å². The number of nitrogens with one attached hydrogen (secondary N) is 2. The summed E-state index contributed by atoms with van der Waals surface area (Å²) in [6.07, 6.45) is 16.6. The zero-order chi connectivity index (χ0) is 44.7. The van der Waals surface area contributed by atoms with E-state index >= 15 is 0 Å². The standard InChI is InChI=1S/C14H17NO.C11H13NO3.C4H10N2O.C3H9N.C3H6O.C2H5NO.3C2H6/c1-12(16)15-10-8-14(9-11-15)13-6-4-2-3-5-7-13;1-9(7-13)12-11(14)15-8-10-5-3-2-4-6-10;1-3(5)2-4(6)7;1-3-4-2;1-2-3-4;1-2(3)4;3*1-2/h2-6,8H,7,9-11H2,1H3;2-7,9H,8H2,1H3,(H,12,14);3H,2,5H2,1H3,(H2,6,7);4H,3H2,1-2H3;3H,2H2,1H3;1H3,(H2,3,4);3*1-2H3. The molecule has 1 heterocycles. The molecule has 13 heteroatoms. The first-order valence-electron chi connectivity index (χ1n) is 19.5. The van der Waals surface area contributed by atoms with Crippen LogP contribution in [0.4, 0.5) is 4.79 Å². The molecule has 0 fully saturated rings. The highest BCUT2D eigenvalue weighted by Gasteiger charge is 2.15. The Bertz CT molecular complexity index is 1220. The van der Waals surface area contributed by atoms with Crippen molar-refractivity contribution in [2.75, 3.05) is 26.7 Å². The molecule has 0 spiro atoms. The highest BCUT2D eigenvalue weighted by atomic mass is 16.5. The van der Waals surface area contributed by atoms with Gasteiger partial charge >= 0.3 is 6.09 Å². The number of nitrogens with two attached hydrogens (primary N) is 3.